The molecule has 0 aromatic carbocycles. The number of aromatic nitrogens is 1. The van der Waals surface area contributed by atoms with Crippen LogP contribution in [-0.4, -0.2) is 40.8 Å². The van der Waals surface area contributed by atoms with Gasteiger partial charge in [0.25, 0.3) is 5.56 Å². The maximum Gasteiger partial charge on any atom is 0.261 e. The van der Waals surface area contributed by atoms with Crippen LogP contribution in [0.2, 0.25) is 0 Å². The highest BCUT2D eigenvalue weighted by molar-refractivity contribution is 5.93. The van der Waals surface area contributed by atoms with Gasteiger partial charge in [-0.05, 0) is 37.4 Å². The monoisotopic (exact) mass is 310 g/mol. The van der Waals surface area contributed by atoms with E-state index in [-0.39, 0.29) is 35.2 Å². The van der Waals surface area contributed by atoms with Crippen LogP contribution in [0.15, 0.2) is 23.1 Å². The lowest BCUT2D eigenvalue weighted by molar-refractivity contribution is -0.155. The van der Waals surface area contributed by atoms with Gasteiger partial charge in [0.05, 0.1) is 5.56 Å². The van der Waals surface area contributed by atoms with Gasteiger partial charge in [-0.1, -0.05) is 0 Å². The fraction of sp³-hybridized carbons (Fsp3) is 0.625. The van der Waals surface area contributed by atoms with Crippen LogP contribution in [0.5, 0.6) is 0 Å². The smallest absolute Gasteiger partial charge is 0.261 e. The van der Waals surface area contributed by atoms with E-state index in [0.717, 1.165) is 13.0 Å². The van der Waals surface area contributed by atoms with Crippen LogP contribution in [-0.2, 0) is 6.54 Å². The molecule has 1 aliphatic carbocycles. The Labute approximate surface area is 127 Å². The van der Waals surface area contributed by atoms with E-state index in [2.05, 4.69) is 4.90 Å². The molecule has 0 atom stereocenters. The zero-order valence-electron chi connectivity index (χ0n) is 12.6. The number of hydrogen-bond donors (Lipinski definition) is 0. The Hall–Kier alpha value is -1.56. The van der Waals surface area contributed by atoms with Gasteiger partial charge >= 0.3 is 0 Å². The predicted octanol–water partition coefficient (Wildman–Crippen LogP) is 2.17. The molecular weight excluding hydrogens is 290 g/mol. The maximum absolute atomic E-state index is 13.1. The molecule has 120 valence electrons. The van der Waals surface area contributed by atoms with Crippen molar-refractivity contribution in [2.45, 2.75) is 38.7 Å². The second-order valence-electron chi connectivity index (χ2n) is 6.71. The molecule has 4 nitrogen and oxygen atoms in total. The van der Waals surface area contributed by atoms with Crippen LogP contribution in [0.1, 0.15) is 36.5 Å². The zero-order chi connectivity index (χ0) is 16.0. The van der Waals surface area contributed by atoms with Crippen LogP contribution >= 0.6 is 0 Å². The van der Waals surface area contributed by atoms with Crippen molar-refractivity contribution in [3.63, 3.8) is 0 Å². The molecule has 0 radical (unpaired) electrons. The van der Waals surface area contributed by atoms with Gasteiger partial charge in [-0.25, -0.2) is 8.78 Å². The van der Waals surface area contributed by atoms with Crippen LogP contribution in [0.3, 0.4) is 0 Å². The number of pyridine rings is 1. The Bertz CT molecular complexity index is 646. The van der Waals surface area contributed by atoms with Gasteiger partial charge in [0, 0.05) is 38.7 Å². The van der Waals surface area contributed by atoms with Gasteiger partial charge in [-0.15, -0.1) is 0 Å². The molecule has 0 amide bonds. The van der Waals surface area contributed by atoms with Crippen molar-refractivity contribution in [1.29, 1.82) is 0 Å². The Balaban J connectivity index is 1.60. The normalized spacial score (nSPS) is 22.7. The summed E-state index contributed by atoms with van der Waals surface area (Å²) in [5.41, 5.74) is -0.298. The fourth-order valence-electron chi connectivity index (χ4n) is 3.78. The summed E-state index contributed by atoms with van der Waals surface area (Å²) in [5.74, 6) is -2.72. The number of Topliss-reactive ketones (excluding diaryl/α,β-unsaturated/α-hetero) is 1. The van der Waals surface area contributed by atoms with E-state index in [1.54, 1.807) is 12.3 Å². The van der Waals surface area contributed by atoms with Crippen molar-refractivity contribution >= 4 is 5.78 Å². The molecule has 0 N–H and O–H groups in total. The quantitative estimate of drug-likeness (QED) is 0.801. The van der Waals surface area contributed by atoms with Gasteiger partial charge in [0.15, 0.2) is 5.78 Å². The number of ketones is 1. The lowest BCUT2D eigenvalue weighted by atomic mass is 9.65. The summed E-state index contributed by atoms with van der Waals surface area (Å²) in [6.45, 7) is 3.99. The number of halogens is 2. The van der Waals surface area contributed by atoms with E-state index in [1.807, 2.05) is 0 Å². The molecule has 2 aliphatic rings. The first-order chi connectivity index (χ1) is 10.3. The summed E-state index contributed by atoms with van der Waals surface area (Å²) in [6.07, 6.45) is 2.47. The van der Waals surface area contributed by atoms with Crippen molar-refractivity contribution in [2.24, 2.45) is 5.41 Å². The third-order valence-corrected chi connectivity index (χ3v) is 4.84. The number of likely N-dealkylation sites (tertiary alicyclic amines) is 1. The Kier molecular flexibility index (Phi) is 3.67. The number of alkyl halides is 2. The second kappa shape index (κ2) is 5.26. The third kappa shape index (κ3) is 2.84. The molecule has 3 rings (SSSR count). The first-order valence-electron chi connectivity index (χ1n) is 7.61. The third-order valence-electron chi connectivity index (χ3n) is 4.84. The number of rotatable bonds is 4. The minimum atomic E-state index is -2.48. The average molecular weight is 310 g/mol. The van der Waals surface area contributed by atoms with E-state index in [1.165, 1.54) is 17.6 Å². The molecular formula is C16H20F2N2O2. The molecule has 2 heterocycles. The molecule has 0 bridgehead atoms. The highest BCUT2D eigenvalue weighted by Crippen LogP contribution is 2.56. The molecule has 1 saturated carbocycles. The Morgan fingerprint density at radius 3 is 2.68 bits per heavy atom. The van der Waals surface area contributed by atoms with Gasteiger partial charge in [0.1, 0.15) is 0 Å². The first kappa shape index (κ1) is 15.3. The van der Waals surface area contributed by atoms with E-state index in [0.29, 0.717) is 19.6 Å². The van der Waals surface area contributed by atoms with Crippen molar-refractivity contribution in [3.8, 4) is 0 Å². The van der Waals surface area contributed by atoms with Crippen LogP contribution in [0, 0.1) is 5.41 Å². The van der Waals surface area contributed by atoms with E-state index in [4.69, 9.17) is 0 Å². The largest absolute Gasteiger partial charge is 0.314 e. The minimum absolute atomic E-state index is 0.00370. The van der Waals surface area contributed by atoms with E-state index < -0.39 is 5.92 Å². The van der Waals surface area contributed by atoms with Gasteiger partial charge in [-0.2, -0.15) is 0 Å². The number of nitrogens with zero attached hydrogens (tertiary/aromatic N) is 2. The standard InChI is InChI=1S/C16H20F2N2O2/c1-12(21)13-3-2-5-20(14(13)22)8-7-19-6-4-15(11-19)9-16(17,18)10-15/h2-3,5H,4,6-11H2,1H3. The van der Waals surface area contributed by atoms with Crippen molar-refractivity contribution in [3.05, 3.63) is 34.2 Å². The second-order valence-corrected chi connectivity index (χ2v) is 6.71. The molecule has 6 heteroatoms. The Morgan fingerprint density at radius 1 is 1.32 bits per heavy atom. The van der Waals surface area contributed by atoms with Crippen molar-refractivity contribution < 1.29 is 13.6 Å². The molecule has 1 aromatic rings. The maximum atomic E-state index is 13.1. The highest BCUT2D eigenvalue weighted by atomic mass is 19.3. The lowest BCUT2D eigenvalue weighted by Crippen LogP contribution is -2.47. The van der Waals surface area contributed by atoms with Crippen LogP contribution < -0.4 is 5.56 Å². The van der Waals surface area contributed by atoms with Gasteiger partial charge in [0.2, 0.25) is 5.92 Å². The first-order valence-corrected chi connectivity index (χ1v) is 7.61. The van der Waals surface area contributed by atoms with Gasteiger partial charge in [-0.3, -0.25) is 9.59 Å². The van der Waals surface area contributed by atoms with Crippen molar-refractivity contribution in [2.75, 3.05) is 19.6 Å². The summed E-state index contributed by atoms with van der Waals surface area (Å²) in [5, 5.41) is 0. The molecule has 2 fully saturated rings. The Morgan fingerprint density at radius 2 is 2.05 bits per heavy atom. The molecule has 1 spiro atoms. The van der Waals surface area contributed by atoms with E-state index in [9.17, 15) is 18.4 Å². The summed E-state index contributed by atoms with van der Waals surface area (Å²) in [7, 11) is 0. The molecule has 1 aliphatic heterocycles. The SMILES string of the molecule is CC(=O)c1cccn(CCN2CCC3(C2)CC(F)(F)C3)c1=O. The lowest BCUT2D eigenvalue weighted by Gasteiger charge is -2.44. The minimum Gasteiger partial charge on any atom is -0.314 e. The van der Waals surface area contributed by atoms with Crippen LogP contribution in [0.25, 0.3) is 0 Å². The number of carbonyl (C=O) groups excluding carboxylic acids is 1. The van der Waals surface area contributed by atoms with Crippen molar-refractivity contribution in [1.82, 2.24) is 9.47 Å². The van der Waals surface area contributed by atoms with Gasteiger partial charge < -0.3 is 9.47 Å². The molecule has 1 saturated heterocycles. The fourth-order valence-corrected chi connectivity index (χ4v) is 3.78. The predicted molar refractivity (Wildman–Crippen MR) is 78.4 cm³/mol. The summed E-state index contributed by atoms with van der Waals surface area (Å²) < 4.78 is 27.7. The average Bonchev–Trinajstić information content (AvgIpc) is 2.79. The molecule has 22 heavy (non-hydrogen) atoms. The van der Waals surface area contributed by atoms with Crippen LogP contribution in [0.4, 0.5) is 8.78 Å². The summed E-state index contributed by atoms with van der Waals surface area (Å²) in [4.78, 5) is 25.6. The number of hydrogen-bond acceptors (Lipinski definition) is 3. The number of carbonyl (C=O) groups is 1. The molecule has 0 unspecified atom stereocenters. The zero-order valence-corrected chi connectivity index (χ0v) is 12.6. The van der Waals surface area contributed by atoms with E-state index >= 15 is 0 Å². The summed E-state index contributed by atoms with van der Waals surface area (Å²) in [6, 6.07) is 3.22. The summed E-state index contributed by atoms with van der Waals surface area (Å²) >= 11 is 0. The molecule has 1 aromatic heterocycles. The highest BCUT2D eigenvalue weighted by Gasteiger charge is 2.58. The topological polar surface area (TPSA) is 42.3 Å².